The number of carbonyl (C=O) groups excluding carboxylic acids is 1. The average molecular weight is 318 g/mol. The molecule has 1 aromatic rings. The zero-order valence-corrected chi connectivity index (χ0v) is 14.0. The summed E-state index contributed by atoms with van der Waals surface area (Å²) in [6.45, 7) is 9.44. The zero-order valence-electron chi connectivity index (χ0n) is 14.0. The van der Waals surface area contributed by atoms with Gasteiger partial charge in [0.15, 0.2) is 0 Å². The van der Waals surface area contributed by atoms with Crippen LogP contribution in [-0.4, -0.2) is 63.5 Å². The minimum atomic E-state index is 0.745. The molecule has 0 saturated carbocycles. The normalized spacial score (nSPS) is 19.8. The Labute approximate surface area is 139 Å². The van der Waals surface area contributed by atoms with Crippen molar-refractivity contribution in [1.29, 1.82) is 0 Å². The SMILES string of the molecule is O=Cc1ccc(CN2CCCNCCNCCCNCC2)cc1. The highest BCUT2D eigenvalue weighted by molar-refractivity contribution is 5.74. The monoisotopic (exact) mass is 318 g/mol. The molecule has 128 valence electrons. The van der Waals surface area contributed by atoms with Crippen LogP contribution in [0.4, 0.5) is 0 Å². The van der Waals surface area contributed by atoms with Gasteiger partial charge in [0.2, 0.25) is 0 Å². The molecule has 3 N–H and O–H groups in total. The molecule has 0 atom stereocenters. The van der Waals surface area contributed by atoms with E-state index in [1.54, 1.807) is 0 Å². The Morgan fingerprint density at radius 2 is 1.48 bits per heavy atom. The van der Waals surface area contributed by atoms with E-state index in [2.05, 4.69) is 33.0 Å². The van der Waals surface area contributed by atoms with Crippen LogP contribution in [0, 0.1) is 0 Å². The van der Waals surface area contributed by atoms with Gasteiger partial charge in [-0.2, -0.15) is 0 Å². The molecule has 1 aromatic carbocycles. The topological polar surface area (TPSA) is 56.4 Å². The molecule has 0 aromatic heterocycles. The van der Waals surface area contributed by atoms with Gasteiger partial charge in [0, 0.05) is 38.3 Å². The van der Waals surface area contributed by atoms with Crippen molar-refractivity contribution in [2.24, 2.45) is 0 Å². The molecule has 0 bridgehead atoms. The number of hydrogen-bond donors (Lipinski definition) is 3. The third-order valence-corrected chi connectivity index (χ3v) is 4.14. The molecule has 23 heavy (non-hydrogen) atoms. The lowest BCUT2D eigenvalue weighted by molar-refractivity contribution is 0.112. The fraction of sp³-hybridized carbons (Fsp3) is 0.611. The third kappa shape index (κ3) is 7.70. The van der Waals surface area contributed by atoms with E-state index < -0.39 is 0 Å². The first-order chi connectivity index (χ1) is 11.4. The maximum atomic E-state index is 10.7. The summed E-state index contributed by atoms with van der Waals surface area (Å²) in [4.78, 5) is 13.2. The number of aldehydes is 1. The number of nitrogens with one attached hydrogen (secondary N) is 3. The number of benzene rings is 1. The molecule has 1 heterocycles. The first-order valence-electron chi connectivity index (χ1n) is 8.77. The molecule has 0 unspecified atom stereocenters. The molecule has 0 radical (unpaired) electrons. The molecule has 1 aliphatic heterocycles. The lowest BCUT2D eigenvalue weighted by atomic mass is 10.1. The van der Waals surface area contributed by atoms with Crippen molar-refractivity contribution in [3.63, 3.8) is 0 Å². The second-order valence-electron chi connectivity index (χ2n) is 6.09. The van der Waals surface area contributed by atoms with Gasteiger partial charge < -0.3 is 16.0 Å². The molecular formula is C18H30N4O. The predicted octanol–water partition coefficient (Wildman–Crippen LogP) is 0.864. The number of nitrogens with zero attached hydrogens (tertiary/aromatic N) is 1. The summed E-state index contributed by atoms with van der Waals surface area (Å²) in [5, 5.41) is 10.5. The van der Waals surface area contributed by atoms with Crippen LogP contribution in [0.2, 0.25) is 0 Å². The van der Waals surface area contributed by atoms with E-state index in [0.29, 0.717) is 0 Å². The standard InChI is InChI=1S/C18H30N4O/c23-16-18-5-3-17(4-6-18)15-22-13-2-9-20-11-10-19-7-1-8-21-12-14-22/h3-6,16,19-21H,1-2,7-15H2. The van der Waals surface area contributed by atoms with Gasteiger partial charge in [0.1, 0.15) is 6.29 Å². The van der Waals surface area contributed by atoms with Crippen molar-refractivity contribution in [3.05, 3.63) is 35.4 Å². The number of carbonyl (C=O) groups is 1. The summed E-state index contributed by atoms with van der Waals surface area (Å²) in [5.74, 6) is 0. The van der Waals surface area contributed by atoms with Crippen LogP contribution in [0.1, 0.15) is 28.8 Å². The fourth-order valence-electron chi connectivity index (χ4n) is 2.78. The van der Waals surface area contributed by atoms with E-state index in [1.807, 2.05) is 12.1 Å². The van der Waals surface area contributed by atoms with Crippen LogP contribution in [0.15, 0.2) is 24.3 Å². The first kappa shape index (κ1) is 18.1. The van der Waals surface area contributed by atoms with Gasteiger partial charge >= 0.3 is 0 Å². The van der Waals surface area contributed by atoms with Gasteiger partial charge in [-0.05, 0) is 44.6 Å². The van der Waals surface area contributed by atoms with Crippen molar-refractivity contribution in [1.82, 2.24) is 20.9 Å². The summed E-state index contributed by atoms with van der Waals surface area (Å²) in [6.07, 6.45) is 3.23. The predicted molar refractivity (Wildman–Crippen MR) is 94.9 cm³/mol. The van der Waals surface area contributed by atoms with Crippen molar-refractivity contribution in [2.45, 2.75) is 19.4 Å². The van der Waals surface area contributed by atoms with Crippen LogP contribution in [0.25, 0.3) is 0 Å². The molecular weight excluding hydrogens is 288 g/mol. The van der Waals surface area contributed by atoms with Gasteiger partial charge in [-0.15, -0.1) is 0 Å². The van der Waals surface area contributed by atoms with Crippen LogP contribution >= 0.6 is 0 Å². The summed E-state index contributed by atoms with van der Waals surface area (Å²) >= 11 is 0. The van der Waals surface area contributed by atoms with Crippen LogP contribution in [0.3, 0.4) is 0 Å². The van der Waals surface area contributed by atoms with Gasteiger partial charge in [-0.3, -0.25) is 9.69 Å². The van der Waals surface area contributed by atoms with E-state index >= 15 is 0 Å². The molecule has 0 amide bonds. The molecule has 0 spiro atoms. The smallest absolute Gasteiger partial charge is 0.150 e. The summed E-state index contributed by atoms with van der Waals surface area (Å²) in [6, 6.07) is 7.93. The van der Waals surface area contributed by atoms with Crippen LogP contribution < -0.4 is 16.0 Å². The molecule has 1 saturated heterocycles. The van der Waals surface area contributed by atoms with E-state index in [4.69, 9.17) is 0 Å². The Balaban J connectivity index is 1.83. The largest absolute Gasteiger partial charge is 0.315 e. The maximum Gasteiger partial charge on any atom is 0.150 e. The Morgan fingerprint density at radius 3 is 2.17 bits per heavy atom. The Bertz CT molecular complexity index is 421. The third-order valence-electron chi connectivity index (χ3n) is 4.14. The Hall–Kier alpha value is -1.27. The second kappa shape index (κ2) is 11.3. The van der Waals surface area contributed by atoms with Crippen molar-refractivity contribution >= 4 is 6.29 Å². The number of rotatable bonds is 3. The average Bonchev–Trinajstić information content (AvgIpc) is 2.59. The Morgan fingerprint density at radius 1 is 0.826 bits per heavy atom. The first-order valence-corrected chi connectivity index (χ1v) is 8.77. The van der Waals surface area contributed by atoms with Crippen LogP contribution in [-0.2, 0) is 6.54 Å². The second-order valence-corrected chi connectivity index (χ2v) is 6.09. The summed E-state index contributed by atoms with van der Waals surface area (Å²) < 4.78 is 0. The zero-order chi connectivity index (χ0) is 16.2. The molecule has 2 rings (SSSR count). The van der Waals surface area contributed by atoms with E-state index in [-0.39, 0.29) is 0 Å². The van der Waals surface area contributed by atoms with Gasteiger partial charge in [-0.1, -0.05) is 24.3 Å². The lowest BCUT2D eigenvalue weighted by Crippen LogP contribution is -2.36. The lowest BCUT2D eigenvalue weighted by Gasteiger charge is -2.23. The molecule has 1 fully saturated rings. The minimum absolute atomic E-state index is 0.745. The Kier molecular flexibility index (Phi) is 8.88. The quantitative estimate of drug-likeness (QED) is 0.722. The fourth-order valence-corrected chi connectivity index (χ4v) is 2.78. The van der Waals surface area contributed by atoms with Gasteiger partial charge in [-0.25, -0.2) is 0 Å². The van der Waals surface area contributed by atoms with Crippen LogP contribution in [0.5, 0.6) is 0 Å². The van der Waals surface area contributed by atoms with Crippen molar-refractivity contribution in [3.8, 4) is 0 Å². The van der Waals surface area contributed by atoms with E-state index in [1.165, 1.54) is 12.0 Å². The highest BCUT2D eigenvalue weighted by Gasteiger charge is 2.06. The summed E-state index contributed by atoms with van der Waals surface area (Å²) in [5.41, 5.74) is 2.02. The number of hydrogen-bond acceptors (Lipinski definition) is 5. The minimum Gasteiger partial charge on any atom is -0.315 e. The van der Waals surface area contributed by atoms with Gasteiger partial charge in [0.25, 0.3) is 0 Å². The van der Waals surface area contributed by atoms with Crippen molar-refractivity contribution < 1.29 is 4.79 Å². The summed E-state index contributed by atoms with van der Waals surface area (Å²) in [7, 11) is 0. The van der Waals surface area contributed by atoms with Crippen molar-refractivity contribution in [2.75, 3.05) is 52.4 Å². The van der Waals surface area contributed by atoms with E-state index in [9.17, 15) is 4.79 Å². The molecule has 0 aliphatic carbocycles. The maximum absolute atomic E-state index is 10.7. The van der Waals surface area contributed by atoms with Gasteiger partial charge in [0.05, 0.1) is 0 Å². The molecule has 1 aliphatic rings. The molecule has 5 nitrogen and oxygen atoms in total. The van der Waals surface area contributed by atoms with E-state index in [0.717, 1.165) is 77.2 Å². The highest BCUT2D eigenvalue weighted by Crippen LogP contribution is 2.07. The molecule has 5 heteroatoms. The highest BCUT2D eigenvalue weighted by atomic mass is 16.1.